The number of benzene rings is 1. The second kappa shape index (κ2) is 4.04. The number of aliphatic carboxylic acids is 1. The third-order valence-electron chi connectivity index (χ3n) is 2.74. The molecule has 0 radical (unpaired) electrons. The molecular weight excluding hydrogens is 227 g/mol. The molecule has 1 fully saturated rings. The van der Waals surface area contributed by atoms with Crippen LogP contribution in [0.1, 0.15) is 6.42 Å². The van der Waals surface area contributed by atoms with Gasteiger partial charge in [-0.2, -0.15) is 0 Å². The third-order valence-corrected chi connectivity index (χ3v) is 2.74. The Hall–Kier alpha value is -2.11. The molecule has 2 rings (SSSR count). The van der Waals surface area contributed by atoms with Crippen LogP contribution in [0.3, 0.4) is 0 Å². The van der Waals surface area contributed by atoms with Gasteiger partial charge >= 0.3 is 5.97 Å². The Balaban J connectivity index is 2.32. The number of nitrogens with two attached hydrogens (primary N) is 1. The van der Waals surface area contributed by atoms with Crippen LogP contribution in [0.15, 0.2) is 18.2 Å². The highest BCUT2D eigenvalue weighted by atomic mass is 19.1. The first-order valence-electron chi connectivity index (χ1n) is 5.07. The molecule has 0 aliphatic carbocycles. The van der Waals surface area contributed by atoms with Gasteiger partial charge in [-0.05, 0) is 18.2 Å². The first kappa shape index (κ1) is 11.4. The lowest BCUT2D eigenvalue weighted by Crippen LogP contribution is -2.26. The molecule has 1 atom stereocenters. The lowest BCUT2D eigenvalue weighted by Gasteiger charge is -2.17. The zero-order chi connectivity index (χ0) is 12.6. The Morgan fingerprint density at radius 3 is 2.82 bits per heavy atom. The Morgan fingerprint density at radius 1 is 1.53 bits per heavy atom. The second-order valence-electron chi connectivity index (χ2n) is 3.95. The number of hydrogen-bond donors (Lipinski definition) is 2. The molecule has 90 valence electrons. The van der Waals surface area contributed by atoms with Gasteiger partial charge in [0.25, 0.3) is 0 Å². The van der Waals surface area contributed by atoms with Crippen LogP contribution in [0, 0.1) is 11.7 Å². The Bertz CT molecular complexity index is 490. The topological polar surface area (TPSA) is 83.6 Å². The van der Waals surface area contributed by atoms with Crippen molar-refractivity contribution in [2.45, 2.75) is 6.42 Å². The highest BCUT2D eigenvalue weighted by Gasteiger charge is 2.36. The van der Waals surface area contributed by atoms with Crippen LogP contribution < -0.4 is 10.6 Å². The predicted molar refractivity (Wildman–Crippen MR) is 58.9 cm³/mol. The van der Waals surface area contributed by atoms with Gasteiger partial charge in [-0.15, -0.1) is 0 Å². The van der Waals surface area contributed by atoms with E-state index in [0.717, 1.165) is 11.0 Å². The third kappa shape index (κ3) is 2.06. The minimum absolute atomic E-state index is 0.0193. The molecule has 17 heavy (non-hydrogen) atoms. The molecule has 3 N–H and O–H groups in total. The van der Waals surface area contributed by atoms with Crippen LogP contribution in [0.4, 0.5) is 15.8 Å². The molecule has 1 saturated heterocycles. The minimum atomic E-state index is -1.05. The van der Waals surface area contributed by atoms with E-state index in [-0.39, 0.29) is 18.7 Å². The molecule has 1 amide bonds. The average molecular weight is 238 g/mol. The van der Waals surface area contributed by atoms with Gasteiger partial charge in [0.1, 0.15) is 5.82 Å². The van der Waals surface area contributed by atoms with Crippen molar-refractivity contribution in [2.75, 3.05) is 17.2 Å². The number of carbonyl (C=O) groups excluding carboxylic acids is 1. The van der Waals surface area contributed by atoms with E-state index < -0.39 is 23.6 Å². The van der Waals surface area contributed by atoms with Gasteiger partial charge in [-0.3, -0.25) is 9.59 Å². The summed E-state index contributed by atoms with van der Waals surface area (Å²) in [5.74, 6) is -2.83. The van der Waals surface area contributed by atoms with Crippen molar-refractivity contribution in [3.8, 4) is 0 Å². The molecular formula is C11H11FN2O3. The number of amides is 1. The van der Waals surface area contributed by atoms with Gasteiger partial charge < -0.3 is 15.7 Å². The van der Waals surface area contributed by atoms with Crippen molar-refractivity contribution in [2.24, 2.45) is 5.92 Å². The Morgan fingerprint density at radius 2 is 2.24 bits per heavy atom. The maximum absolute atomic E-state index is 13.5. The van der Waals surface area contributed by atoms with E-state index in [2.05, 4.69) is 0 Å². The SMILES string of the molecule is Nc1ccc(F)c(N2CC(C(=O)O)CC2=O)c1. The van der Waals surface area contributed by atoms with Gasteiger partial charge in [0.2, 0.25) is 5.91 Å². The van der Waals surface area contributed by atoms with Gasteiger partial charge in [0, 0.05) is 18.7 Å². The summed E-state index contributed by atoms with van der Waals surface area (Å²) in [5, 5.41) is 8.82. The van der Waals surface area contributed by atoms with Crippen LogP contribution >= 0.6 is 0 Å². The van der Waals surface area contributed by atoms with Gasteiger partial charge in [0.15, 0.2) is 0 Å². The predicted octanol–water partition coefficient (Wildman–Crippen LogP) is 0.845. The summed E-state index contributed by atoms with van der Waals surface area (Å²) in [5.41, 5.74) is 5.88. The lowest BCUT2D eigenvalue weighted by molar-refractivity contribution is -0.141. The number of rotatable bonds is 2. The molecule has 1 aromatic carbocycles. The summed E-state index contributed by atoms with van der Waals surface area (Å²) in [7, 11) is 0. The molecule has 1 aliphatic rings. The number of carboxylic acids is 1. The summed E-state index contributed by atoms with van der Waals surface area (Å²) in [6.07, 6.45) is -0.108. The fourth-order valence-electron chi connectivity index (χ4n) is 1.84. The molecule has 5 nitrogen and oxygen atoms in total. The fourth-order valence-corrected chi connectivity index (χ4v) is 1.84. The van der Waals surface area contributed by atoms with E-state index >= 15 is 0 Å². The summed E-state index contributed by atoms with van der Waals surface area (Å²) >= 11 is 0. The molecule has 1 unspecified atom stereocenters. The number of carbonyl (C=O) groups is 2. The van der Waals surface area contributed by atoms with E-state index in [1.165, 1.54) is 12.1 Å². The second-order valence-corrected chi connectivity index (χ2v) is 3.95. The number of anilines is 2. The smallest absolute Gasteiger partial charge is 0.308 e. The van der Waals surface area contributed by atoms with Crippen LogP contribution in [0.5, 0.6) is 0 Å². The maximum atomic E-state index is 13.5. The Kier molecular flexibility index (Phi) is 2.71. The summed E-state index contributed by atoms with van der Waals surface area (Å²) < 4.78 is 13.5. The van der Waals surface area contributed by atoms with Crippen molar-refractivity contribution in [3.63, 3.8) is 0 Å². The highest BCUT2D eigenvalue weighted by Crippen LogP contribution is 2.28. The number of hydrogen-bond acceptors (Lipinski definition) is 3. The van der Waals surface area contributed by atoms with Crippen LogP contribution in [-0.4, -0.2) is 23.5 Å². The molecule has 0 spiro atoms. The van der Waals surface area contributed by atoms with Crippen LogP contribution in [-0.2, 0) is 9.59 Å². The van der Waals surface area contributed by atoms with Crippen molar-refractivity contribution in [3.05, 3.63) is 24.0 Å². The zero-order valence-corrected chi connectivity index (χ0v) is 8.89. The number of halogens is 1. The highest BCUT2D eigenvalue weighted by molar-refractivity contribution is 5.99. The van der Waals surface area contributed by atoms with Crippen molar-refractivity contribution >= 4 is 23.3 Å². The van der Waals surface area contributed by atoms with E-state index in [9.17, 15) is 14.0 Å². The first-order chi connectivity index (χ1) is 7.99. The van der Waals surface area contributed by atoms with Crippen LogP contribution in [0.25, 0.3) is 0 Å². The average Bonchev–Trinajstić information content (AvgIpc) is 2.64. The summed E-state index contributed by atoms with van der Waals surface area (Å²) in [6, 6.07) is 3.87. The van der Waals surface area contributed by atoms with E-state index in [1.807, 2.05) is 0 Å². The molecule has 0 bridgehead atoms. The zero-order valence-electron chi connectivity index (χ0n) is 8.89. The summed E-state index contributed by atoms with van der Waals surface area (Å²) in [6.45, 7) is -0.0193. The first-order valence-corrected chi connectivity index (χ1v) is 5.07. The van der Waals surface area contributed by atoms with Crippen molar-refractivity contribution in [1.29, 1.82) is 0 Å². The fraction of sp³-hybridized carbons (Fsp3) is 0.273. The maximum Gasteiger partial charge on any atom is 0.308 e. The van der Waals surface area contributed by atoms with E-state index in [0.29, 0.717) is 5.69 Å². The number of carboxylic acid groups (broad SMARTS) is 1. The molecule has 1 aromatic rings. The molecule has 0 aromatic heterocycles. The molecule has 6 heteroatoms. The normalized spacial score (nSPS) is 19.7. The van der Waals surface area contributed by atoms with Crippen molar-refractivity contribution < 1.29 is 19.1 Å². The number of nitrogens with zero attached hydrogens (tertiary/aromatic N) is 1. The van der Waals surface area contributed by atoms with Crippen LogP contribution in [0.2, 0.25) is 0 Å². The molecule has 1 heterocycles. The quantitative estimate of drug-likeness (QED) is 0.748. The van der Waals surface area contributed by atoms with Gasteiger partial charge in [0.05, 0.1) is 11.6 Å². The monoisotopic (exact) mass is 238 g/mol. The molecule has 1 aliphatic heterocycles. The van der Waals surface area contributed by atoms with Crippen molar-refractivity contribution in [1.82, 2.24) is 0 Å². The van der Waals surface area contributed by atoms with E-state index in [4.69, 9.17) is 10.8 Å². The molecule has 0 saturated carbocycles. The van der Waals surface area contributed by atoms with Gasteiger partial charge in [-0.1, -0.05) is 0 Å². The minimum Gasteiger partial charge on any atom is -0.481 e. The number of nitrogen functional groups attached to an aromatic ring is 1. The summed E-state index contributed by atoms with van der Waals surface area (Å²) in [4.78, 5) is 23.5. The Labute approximate surface area is 96.6 Å². The van der Waals surface area contributed by atoms with Gasteiger partial charge in [-0.25, -0.2) is 4.39 Å². The largest absolute Gasteiger partial charge is 0.481 e. The van der Waals surface area contributed by atoms with E-state index in [1.54, 1.807) is 0 Å². The standard InChI is InChI=1S/C11H11FN2O3/c12-8-2-1-7(13)4-9(8)14-5-6(11(16)17)3-10(14)15/h1-2,4,6H,3,5,13H2,(H,16,17). The lowest BCUT2D eigenvalue weighted by atomic mass is 10.1.